The molecular weight excluding hydrogens is 252 g/mol. The lowest BCUT2D eigenvalue weighted by atomic mass is 10.0. The average Bonchev–Trinajstić information content (AvgIpc) is 2.53. The van der Waals surface area contributed by atoms with E-state index in [2.05, 4.69) is 10.3 Å². The minimum atomic E-state index is -1.15. The van der Waals surface area contributed by atoms with Crippen molar-refractivity contribution in [3.05, 3.63) is 66.0 Å². The number of pyridine rings is 1. The van der Waals surface area contributed by atoms with E-state index in [0.29, 0.717) is 5.56 Å². The summed E-state index contributed by atoms with van der Waals surface area (Å²) >= 11 is 0. The normalized spacial score (nSPS) is 13.5. The second-order valence-corrected chi connectivity index (χ2v) is 4.56. The molecule has 2 aromatic rings. The fourth-order valence-electron chi connectivity index (χ4n) is 2.05. The van der Waals surface area contributed by atoms with Gasteiger partial charge in [0, 0.05) is 12.4 Å². The Morgan fingerprint density at radius 3 is 2.40 bits per heavy atom. The number of carbonyl (C=O) groups excluding carboxylic acids is 1. The highest BCUT2D eigenvalue weighted by Gasteiger charge is 2.20. The first-order valence-corrected chi connectivity index (χ1v) is 6.65. The van der Waals surface area contributed by atoms with Crippen molar-refractivity contribution in [1.82, 2.24) is 10.3 Å². The van der Waals surface area contributed by atoms with E-state index < -0.39 is 6.10 Å². The highest BCUT2D eigenvalue weighted by Crippen LogP contribution is 2.18. The first-order chi connectivity index (χ1) is 9.72. The first-order valence-electron chi connectivity index (χ1n) is 6.65. The molecule has 1 amide bonds. The van der Waals surface area contributed by atoms with Gasteiger partial charge >= 0.3 is 0 Å². The maximum Gasteiger partial charge on any atom is 0.253 e. The molecule has 0 spiro atoms. The third-order valence-corrected chi connectivity index (χ3v) is 3.20. The molecule has 20 heavy (non-hydrogen) atoms. The minimum Gasteiger partial charge on any atom is -0.378 e. The van der Waals surface area contributed by atoms with Gasteiger partial charge < -0.3 is 10.4 Å². The van der Waals surface area contributed by atoms with Crippen LogP contribution in [-0.4, -0.2) is 16.0 Å². The van der Waals surface area contributed by atoms with Gasteiger partial charge in [0.05, 0.1) is 6.04 Å². The molecule has 0 aliphatic heterocycles. The molecule has 1 heterocycles. The monoisotopic (exact) mass is 270 g/mol. The van der Waals surface area contributed by atoms with Gasteiger partial charge in [-0.25, -0.2) is 0 Å². The Bertz CT molecular complexity index is 543. The van der Waals surface area contributed by atoms with Crippen molar-refractivity contribution in [1.29, 1.82) is 0 Å². The molecule has 2 unspecified atom stereocenters. The summed E-state index contributed by atoms with van der Waals surface area (Å²) < 4.78 is 0. The van der Waals surface area contributed by atoms with Crippen molar-refractivity contribution in [3.63, 3.8) is 0 Å². The molecular formula is C16H18N2O2. The molecule has 1 aromatic heterocycles. The largest absolute Gasteiger partial charge is 0.378 e. The number of hydrogen-bond donors (Lipinski definition) is 2. The molecule has 0 aliphatic carbocycles. The first kappa shape index (κ1) is 14.2. The second-order valence-electron chi connectivity index (χ2n) is 4.56. The lowest BCUT2D eigenvalue weighted by Gasteiger charge is -2.19. The van der Waals surface area contributed by atoms with Crippen molar-refractivity contribution in [2.24, 2.45) is 0 Å². The lowest BCUT2D eigenvalue weighted by molar-refractivity contribution is -0.130. The molecule has 4 nitrogen and oxygen atoms in total. The summed E-state index contributed by atoms with van der Waals surface area (Å²) in [6.45, 7) is 1.99. The van der Waals surface area contributed by atoms with E-state index >= 15 is 0 Å². The van der Waals surface area contributed by atoms with Crippen LogP contribution in [0.25, 0.3) is 0 Å². The van der Waals surface area contributed by atoms with E-state index in [0.717, 1.165) is 12.0 Å². The van der Waals surface area contributed by atoms with Crippen molar-refractivity contribution in [2.75, 3.05) is 0 Å². The van der Waals surface area contributed by atoms with Crippen LogP contribution in [0.15, 0.2) is 54.9 Å². The number of aromatic nitrogens is 1. The Balaban J connectivity index is 2.06. The number of nitrogens with zero attached hydrogens (tertiary/aromatic N) is 1. The third kappa shape index (κ3) is 3.42. The molecule has 0 saturated carbocycles. The SMILES string of the molecule is CCC(NC(=O)C(O)c1ccccc1)c1ccncc1. The van der Waals surface area contributed by atoms with Crippen LogP contribution < -0.4 is 5.32 Å². The van der Waals surface area contributed by atoms with Gasteiger partial charge in [-0.2, -0.15) is 0 Å². The van der Waals surface area contributed by atoms with Crippen LogP contribution >= 0.6 is 0 Å². The maximum absolute atomic E-state index is 12.1. The quantitative estimate of drug-likeness (QED) is 0.877. The number of rotatable bonds is 5. The molecule has 0 aliphatic rings. The smallest absolute Gasteiger partial charge is 0.253 e. The van der Waals surface area contributed by atoms with Crippen molar-refractivity contribution in [3.8, 4) is 0 Å². The molecule has 104 valence electrons. The molecule has 0 radical (unpaired) electrons. The molecule has 0 saturated heterocycles. The Morgan fingerprint density at radius 2 is 1.80 bits per heavy atom. The van der Waals surface area contributed by atoms with Crippen LogP contribution in [-0.2, 0) is 4.79 Å². The Labute approximate surface area is 118 Å². The van der Waals surface area contributed by atoms with Crippen molar-refractivity contribution >= 4 is 5.91 Å². The Kier molecular flexibility index (Phi) is 4.85. The van der Waals surface area contributed by atoms with Crippen LogP contribution in [0.5, 0.6) is 0 Å². The molecule has 0 bridgehead atoms. The van der Waals surface area contributed by atoms with Crippen LogP contribution in [0.1, 0.15) is 36.6 Å². The predicted octanol–water partition coefficient (Wildman–Crippen LogP) is 2.38. The van der Waals surface area contributed by atoms with Gasteiger partial charge in [-0.05, 0) is 29.7 Å². The van der Waals surface area contributed by atoms with E-state index in [1.165, 1.54) is 0 Å². The van der Waals surface area contributed by atoms with Crippen LogP contribution in [0, 0.1) is 0 Å². The maximum atomic E-state index is 12.1. The number of hydrogen-bond acceptors (Lipinski definition) is 3. The van der Waals surface area contributed by atoms with Gasteiger partial charge in [0.1, 0.15) is 0 Å². The zero-order chi connectivity index (χ0) is 14.4. The summed E-state index contributed by atoms with van der Waals surface area (Å²) in [6, 6.07) is 12.5. The standard InChI is InChI=1S/C16H18N2O2/c1-2-14(12-8-10-17-11-9-12)18-16(20)15(19)13-6-4-3-5-7-13/h3-11,14-15,19H,2H2,1H3,(H,18,20). The predicted molar refractivity (Wildman–Crippen MR) is 76.8 cm³/mol. The Hall–Kier alpha value is -2.20. The number of carbonyl (C=O) groups is 1. The second kappa shape index (κ2) is 6.82. The summed E-state index contributed by atoms with van der Waals surface area (Å²) in [6.07, 6.45) is 2.99. The fraction of sp³-hybridized carbons (Fsp3) is 0.250. The van der Waals surface area contributed by atoms with Crippen LogP contribution in [0.3, 0.4) is 0 Å². The highest BCUT2D eigenvalue weighted by molar-refractivity contribution is 5.82. The third-order valence-electron chi connectivity index (χ3n) is 3.20. The van der Waals surface area contributed by atoms with E-state index in [-0.39, 0.29) is 11.9 Å². The van der Waals surface area contributed by atoms with Gasteiger partial charge in [0.15, 0.2) is 6.10 Å². The molecule has 4 heteroatoms. The molecule has 2 rings (SSSR count). The van der Waals surface area contributed by atoms with Crippen molar-refractivity contribution < 1.29 is 9.90 Å². The van der Waals surface area contributed by atoms with Gasteiger partial charge in [-0.1, -0.05) is 37.3 Å². The van der Waals surface area contributed by atoms with E-state index in [4.69, 9.17) is 0 Å². The highest BCUT2D eigenvalue weighted by atomic mass is 16.3. The van der Waals surface area contributed by atoms with Gasteiger partial charge in [-0.15, -0.1) is 0 Å². The molecule has 2 atom stereocenters. The summed E-state index contributed by atoms with van der Waals surface area (Å²) in [5, 5.41) is 12.9. The summed E-state index contributed by atoms with van der Waals surface area (Å²) in [7, 11) is 0. The van der Waals surface area contributed by atoms with Crippen LogP contribution in [0.2, 0.25) is 0 Å². The number of nitrogens with one attached hydrogen (secondary N) is 1. The Morgan fingerprint density at radius 1 is 1.15 bits per heavy atom. The lowest BCUT2D eigenvalue weighted by Crippen LogP contribution is -2.32. The number of aliphatic hydroxyl groups is 1. The fourth-order valence-corrected chi connectivity index (χ4v) is 2.05. The topological polar surface area (TPSA) is 62.2 Å². The van der Waals surface area contributed by atoms with E-state index in [1.807, 2.05) is 25.1 Å². The zero-order valence-electron chi connectivity index (χ0n) is 11.4. The molecule has 2 N–H and O–H groups in total. The summed E-state index contributed by atoms with van der Waals surface area (Å²) in [4.78, 5) is 16.1. The molecule has 1 aromatic carbocycles. The van der Waals surface area contributed by atoms with Gasteiger partial charge in [0.2, 0.25) is 0 Å². The van der Waals surface area contributed by atoms with E-state index in [1.54, 1.807) is 36.7 Å². The summed E-state index contributed by atoms with van der Waals surface area (Å²) in [5.74, 6) is -0.389. The average molecular weight is 270 g/mol. The number of aliphatic hydroxyl groups excluding tert-OH is 1. The molecule has 0 fully saturated rings. The summed E-state index contributed by atoms with van der Waals surface area (Å²) in [5.41, 5.74) is 1.57. The van der Waals surface area contributed by atoms with Crippen molar-refractivity contribution in [2.45, 2.75) is 25.5 Å². The number of benzene rings is 1. The number of amides is 1. The van der Waals surface area contributed by atoms with Gasteiger partial charge in [-0.3, -0.25) is 9.78 Å². The zero-order valence-corrected chi connectivity index (χ0v) is 11.4. The van der Waals surface area contributed by atoms with E-state index in [9.17, 15) is 9.90 Å². The van der Waals surface area contributed by atoms with Gasteiger partial charge in [0.25, 0.3) is 5.91 Å². The minimum absolute atomic E-state index is 0.121. The van der Waals surface area contributed by atoms with Crippen LogP contribution in [0.4, 0.5) is 0 Å².